The summed E-state index contributed by atoms with van der Waals surface area (Å²) < 4.78 is 21.1. The predicted octanol–water partition coefficient (Wildman–Crippen LogP) is 2.44. The van der Waals surface area contributed by atoms with Gasteiger partial charge in [-0.05, 0) is 29.8 Å². The first-order valence-electron chi connectivity index (χ1n) is 8.10. The van der Waals surface area contributed by atoms with Crippen LogP contribution >= 0.6 is 11.8 Å². The molecule has 9 heteroatoms. The molecule has 1 saturated heterocycles. The van der Waals surface area contributed by atoms with Gasteiger partial charge in [0.05, 0.1) is 19.6 Å². The lowest BCUT2D eigenvalue weighted by Gasteiger charge is -2.15. The van der Waals surface area contributed by atoms with Crippen molar-refractivity contribution >= 4 is 23.7 Å². The van der Waals surface area contributed by atoms with Crippen molar-refractivity contribution in [3.8, 4) is 11.5 Å². The van der Waals surface area contributed by atoms with Crippen LogP contribution in [0.25, 0.3) is 0 Å². The Kier molecular flexibility index (Phi) is 5.92. The average molecular weight is 393 g/mol. The van der Waals surface area contributed by atoms with Gasteiger partial charge in [0.1, 0.15) is 18.4 Å². The highest BCUT2D eigenvalue weighted by Gasteiger charge is 2.30. The lowest BCUT2D eigenvalue weighted by molar-refractivity contribution is -0.138. The van der Waals surface area contributed by atoms with E-state index in [1.54, 1.807) is 12.1 Å². The third-order valence-electron chi connectivity index (χ3n) is 3.99. The zero-order valence-corrected chi connectivity index (χ0v) is 15.6. The molecule has 1 aromatic heterocycles. The molecule has 3 rings (SSSR count). The summed E-state index contributed by atoms with van der Waals surface area (Å²) in [5.41, 5.74) is 0.902. The van der Waals surface area contributed by atoms with Crippen LogP contribution in [0.2, 0.25) is 0 Å². The fraction of sp³-hybridized carbons (Fsp3) is 0.333. The molecule has 1 aromatic carbocycles. The summed E-state index contributed by atoms with van der Waals surface area (Å²) in [5.74, 6) is 0.700. The second kappa shape index (κ2) is 8.36. The van der Waals surface area contributed by atoms with Crippen molar-refractivity contribution in [2.45, 2.75) is 18.0 Å². The minimum Gasteiger partial charge on any atom is -0.493 e. The van der Waals surface area contributed by atoms with Gasteiger partial charge in [-0.2, -0.15) is 0 Å². The Bertz CT molecular complexity index is 835. The van der Waals surface area contributed by atoms with Gasteiger partial charge in [0, 0.05) is 5.75 Å². The van der Waals surface area contributed by atoms with Crippen LogP contribution in [0.4, 0.5) is 0 Å². The molecule has 0 amide bonds. The van der Waals surface area contributed by atoms with Crippen LogP contribution in [0.5, 0.6) is 11.5 Å². The van der Waals surface area contributed by atoms with Crippen LogP contribution < -0.4 is 14.8 Å². The number of furan rings is 1. The Morgan fingerprint density at radius 2 is 2.07 bits per heavy atom. The summed E-state index contributed by atoms with van der Waals surface area (Å²) >= 11 is 1.53. The Morgan fingerprint density at radius 1 is 1.26 bits per heavy atom. The molecule has 0 bridgehead atoms. The zero-order valence-electron chi connectivity index (χ0n) is 14.8. The topological polar surface area (TPSA) is 107 Å². The fourth-order valence-electron chi connectivity index (χ4n) is 2.59. The van der Waals surface area contributed by atoms with Gasteiger partial charge in [-0.1, -0.05) is 6.07 Å². The summed E-state index contributed by atoms with van der Waals surface area (Å²) in [6.07, 6.45) is 0. The molecule has 0 radical (unpaired) electrons. The zero-order chi connectivity index (χ0) is 19.4. The number of carbonyl (C=O) groups is 2. The average Bonchev–Trinajstić information content (AvgIpc) is 3.35. The van der Waals surface area contributed by atoms with Gasteiger partial charge in [-0.15, -0.1) is 11.8 Å². The molecule has 2 heterocycles. The first-order chi connectivity index (χ1) is 13.0. The molecule has 8 nitrogen and oxygen atoms in total. The lowest BCUT2D eigenvalue weighted by atomic mass is 10.2. The van der Waals surface area contributed by atoms with Crippen LogP contribution in [0, 0.1) is 0 Å². The monoisotopic (exact) mass is 393 g/mol. The number of carboxylic acids is 1. The van der Waals surface area contributed by atoms with Crippen molar-refractivity contribution in [2.24, 2.45) is 0 Å². The van der Waals surface area contributed by atoms with Crippen molar-refractivity contribution in [2.75, 3.05) is 20.0 Å². The molecule has 0 saturated carbocycles. The van der Waals surface area contributed by atoms with Crippen molar-refractivity contribution < 1.29 is 33.3 Å². The van der Waals surface area contributed by atoms with E-state index in [1.807, 2.05) is 12.1 Å². The van der Waals surface area contributed by atoms with E-state index in [4.69, 9.17) is 19.0 Å². The predicted molar refractivity (Wildman–Crippen MR) is 97.1 cm³/mol. The van der Waals surface area contributed by atoms with Gasteiger partial charge in [0.2, 0.25) is 5.76 Å². The van der Waals surface area contributed by atoms with Crippen molar-refractivity contribution in [3.05, 3.63) is 47.4 Å². The van der Waals surface area contributed by atoms with E-state index >= 15 is 0 Å². The molecule has 0 aliphatic carbocycles. The largest absolute Gasteiger partial charge is 0.493 e. The fourth-order valence-corrected chi connectivity index (χ4v) is 3.81. The van der Waals surface area contributed by atoms with Gasteiger partial charge in [-0.25, -0.2) is 4.79 Å². The molecule has 0 unspecified atom stereocenters. The van der Waals surface area contributed by atoms with Crippen LogP contribution in [0.3, 0.4) is 0 Å². The molecule has 2 atom stereocenters. The standard InChI is InChI=1S/C18H19NO7S/c1-23-15-7-10(16-19-12(9-27-16)17(20)21)3-5-13(15)25-8-11-4-6-14(26-11)18(22)24-2/h3-7,12,16,19H,8-9H2,1-2H3,(H,20,21)/t12-,16-/m1/s1. The van der Waals surface area contributed by atoms with E-state index in [-0.39, 0.29) is 17.7 Å². The van der Waals surface area contributed by atoms with Gasteiger partial charge in [0.25, 0.3) is 0 Å². The highest BCUT2D eigenvalue weighted by Crippen LogP contribution is 2.37. The maximum absolute atomic E-state index is 11.4. The summed E-state index contributed by atoms with van der Waals surface area (Å²) in [6, 6.07) is 8.02. The molecule has 2 aromatic rings. The molecule has 1 aliphatic rings. The Hall–Kier alpha value is -2.65. The number of carbonyl (C=O) groups excluding carboxylic acids is 1. The first kappa shape index (κ1) is 19.1. The van der Waals surface area contributed by atoms with E-state index in [1.165, 1.54) is 32.0 Å². The van der Waals surface area contributed by atoms with E-state index < -0.39 is 18.0 Å². The number of aliphatic carboxylic acids is 1. The number of rotatable bonds is 7. The normalized spacial score (nSPS) is 18.9. The summed E-state index contributed by atoms with van der Waals surface area (Å²) in [5, 5.41) is 12.0. The number of benzene rings is 1. The van der Waals surface area contributed by atoms with E-state index in [0.717, 1.165) is 5.56 Å². The number of thioether (sulfide) groups is 1. The molecule has 144 valence electrons. The number of hydrogen-bond donors (Lipinski definition) is 2. The maximum atomic E-state index is 11.4. The summed E-state index contributed by atoms with van der Waals surface area (Å²) in [7, 11) is 2.81. The van der Waals surface area contributed by atoms with E-state index in [9.17, 15) is 9.59 Å². The SMILES string of the molecule is COC(=O)c1ccc(COc2ccc([C@@H]3N[C@@H](C(=O)O)CS3)cc2OC)o1. The molecule has 1 aliphatic heterocycles. The summed E-state index contributed by atoms with van der Waals surface area (Å²) in [6.45, 7) is 0.115. The quantitative estimate of drug-likeness (QED) is 0.686. The Labute approximate surface area is 159 Å². The second-order valence-corrected chi connectivity index (χ2v) is 6.87. The molecule has 1 fully saturated rings. The number of methoxy groups -OCH3 is 2. The number of esters is 1. The molecule has 27 heavy (non-hydrogen) atoms. The minimum absolute atomic E-state index is 0.107. The van der Waals surface area contributed by atoms with Crippen molar-refractivity contribution in [1.29, 1.82) is 0 Å². The Balaban J connectivity index is 1.67. The molecular formula is C18H19NO7S. The van der Waals surface area contributed by atoms with Crippen LogP contribution in [-0.4, -0.2) is 43.1 Å². The first-order valence-corrected chi connectivity index (χ1v) is 9.15. The van der Waals surface area contributed by atoms with E-state index in [2.05, 4.69) is 10.1 Å². The Morgan fingerprint density at radius 3 is 2.74 bits per heavy atom. The highest BCUT2D eigenvalue weighted by atomic mass is 32.2. The number of ether oxygens (including phenoxy) is 3. The summed E-state index contributed by atoms with van der Waals surface area (Å²) in [4.78, 5) is 22.5. The molecule has 2 N–H and O–H groups in total. The van der Waals surface area contributed by atoms with E-state index in [0.29, 0.717) is 23.0 Å². The van der Waals surface area contributed by atoms with Crippen LogP contribution in [0.15, 0.2) is 34.7 Å². The lowest BCUT2D eigenvalue weighted by Crippen LogP contribution is -2.33. The van der Waals surface area contributed by atoms with Gasteiger partial charge in [0.15, 0.2) is 11.5 Å². The minimum atomic E-state index is -0.860. The van der Waals surface area contributed by atoms with Crippen LogP contribution in [-0.2, 0) is 16.1 Å². The molecular weight excluding hydrogens is 374 g/mol. The second-order valence-electron chi connectivity index (χ2n) is 5.73. The highest BCUT2D eigenvalue weighted by molar-refractivity contribution is 7.99. The van der Waals surface area contributed by atoms with Gasteiger partial charge in [-0.3, -0.25) is 10.1 Å². The third-order valence-corrected chi connectivity index (χ3v) is 5.26. The van der Waals surface area contributed by atoms with Crippen LogP contribution in [0.1, 0.15) is 27.3 Å². The number of nitrogens with one attached hydrogen (secondary N) is 1. The smallest absolute Gasteiger partial charge is 0.373 e. The number of hydrogen-bond acceptors (Lipinski definition) is 8. The van der Waals surface area contributed by atoms with Gasteiger partial charge >= 0.3 is 11.9 Å². The number of carboxylic acid groups (broad SMARTS) is 1. The van der Waals surface area contributed by atoms with Crippen molar-refractivity contribution in [3.63, 3.8) is 0 Å². The third kappa shape index (κ3) is 4.37. The van der Waals surface area contributed by atoms with Gasteiger partial charge < -0.3 is 23.7 Å². The molecule has 0 spiro atoms. The van der Waals surface area contributed by atoms with Crippen molar-refractivity contribution in [1.82, 2.24) is 5.32 Å². The maximum Gasteiger partial charge on any atom is 0.373 e.